The molecule has 0 atom stereocenters. The molecule has 0 bridgehead atoms. The molecule has 82 valence electrons. The second kappa shape index (κ2) is 4.08. The topological polar surface area (TPSA) is 55.5 Å². The first-order valence-corrected chi connectivity index (χ1v) is 4.82. The minimum atomic E-state index is 0. The van der Waals surface area contributed by atoms with Gasteiger partial charge in [-0.3, -0.25) is 5.32 Å². The smallest absolute Gasteiger partial charge is 0.271 e. The van der Waals surface area contributed by atoms with Gasteiger partial charge in [-0.15, -0.1) is 0 Å². The predicted octanol–water partition coefficient (Wildman–Crippen LogP) is -1.80. The highest BCUT2D eigenvalue weighted by molar-refractivity contribution is 6.04. The molecule has 0 fully saturated rings. The molecule has 16 heavy (non-hydrogen) atoms. The van der Waals surface area contributed by atoms with Gasteiger partial charge in [0.2, 0.25) is 5.58 Å². The van der Waals surface area contributed by atoms with Crippen LogP contribution < -0.4 is 17.7 Å². The third-order valence-electron chi connectivity index (χ3n) is 2.46. The Labute approximate surface area is 98.1 Å². The Kier molecular flexibility index (Phi) is 2.77. The van der Waals surface area contributed by atoms with E-state index < -0.39 is 0 Å². The van der Waals surface area contributed by atoms with E-state index in [1.54, 1.807) is 6.33 Å². The first-order valence-electron chi connectivity index (χ1n) is 4.82. The largest absolute Gasteiger partial charge is 1.00 e. The molecule has 1 aromatic carbocycles. The van der Waals surface area contributed by atoms with Crippen LogP contribution in [0.4, 0.5) is 5.82 Å². The highest BCUT2D eigenvalue weighted by Gasteiger charge is 2.13. The van der Waals surface area contributed by atoms with Crippen molar-refractivity contribution in [1.29, 1.82) is 0 Å². The molecule has 2 aromatic heterocycles. The van der Waals surface area contributed by atoms with Gasteiger partial charge in [-0.1, -0.05) is 12.1 Å². The molecule has 0 aliphatic carbocycles. The zero-order valence-electron chi connectivity index (χ0n) is 8.64. The molecule has 4 nitrogen and oxygen atoms in total. The predicted molar refractivity (Wildman–Crippen MR) is 56.8 cm³/mol. The van der Waals surface area contributed by atoms with Crippen molar-refractivity contribution in [2.45, 2.75) is 0 Å². The van der Waals surface area contributed by atoms with Crippen LogP contribution in [0.15, 0.2) is 35.0 Å². The summed E-state index contributed by atoms with van der Waals surface area (Å²) in [6.07, 6.45) is 1.57. The van der Waals surface area contributed by atoms with E-state index in [-0.39, 0.29) is 12.4 Å². The Morgan fingerprint density at radius 3 is 2.81 bits per heavy atom. The van der Waals surface area contributed by atoms with Crippen LogP contribution in [0, 0.1) is 0 Å². The third kappa shape index (κ3) is 1.43. The Morgan fingerprint density at radius 1 is 1.19 bits per heavy atom. The minimum Gasteiger partial charge on any atom is -1.00 e. The van der Waals surface area contributed by atoms with Gasteiger partial charge in [-0.25, -0.2) is 4.98 Å². The van der Waals surface area contributed by atoms with E-state index in [1.165, 1.54) is 0 Å². The van der Waals surface area contributed by atoms with Crippen molar-refractivity contribution in [1.82, 2.24) is 9.97 Å². The van der Waals surface area contributed by atoms with Crippen LogP contribution in [0.25, 0.3) is 22.1 Å². The summed E-state index contributed by atoms with van der Waals surface area (Å²) in [6, 6.07) is 7.88. The molecule has 0 radical (unpaired) electrons. The second-order valence-corrected chi connectivity index (χ2v) is 3.32. The summed E-state index contributed by atoms with van der Waals surface area (Å²) in [4.78, 5) is 8.41. The number of para-hydroxylation sites is 1. The van der Waals surface area contributed by atoms with Crippen LogP contribution in [0.3, 0.4) is 0 Å². The Hall–Kier alpha value is -1.65. The summed E-state index contributed by atoms with van der Waals surface area (Å²) in [6.45, 7) is 0. The van der Waals surface area contributed by atoms with E-state index in [9.17, 15) is 0 Å². The number of aromatic nitrogens is 2. The SMILES string of the molecule is C[NH2+]c1ncnc2c1oc1ccccc12.[Cl-]. The summed E-state index contributed by atoms with van der Waals surface area (Å²) < 4.78 is 5.72. The van der Waals surface area contributed by atoms with Crippen LogP contribution >= 0.6 is 0 Å². The van der Waals surface area contributed by atoms with Crippen LogP contribution in [-0.4, -0.2) is 17.0 Å². The maximum atomic E-state index is 5.72. The van der Waals surface area contributed by atoms with Crippen molar-refractivity contribution in [3.63, 3.8) is 0 Å². The van der Waals surface area contributed by atoms with E-state index in [2.05, 4.69) is 9.97 Å². The summed E-state index contributed by atoms with van der Waals surface area (Å²) in [5, 5.41) is 2.96. The molecule has 0 saturated carbocycles. The normalized spacial score (nSPS) is 10.6. The molecule has 0 aliphatic heterocycles. The van der Waals surface area contributed by atoms with Crippen molar-refractivity contribution in [2.75, 3.05) is 7.05 Å². The number of benzene rings is 1. The minimum absolute atomic E-state index is 0. The highest BCUT2D eigenvalue weighted by Crippen LogP contribution is 2.28. The van der Waals surface area contributed by atoms with Crippen molar-refractivity contribution in [2.24, 2.45) is 0 Å². The van der Waals surface area contributed by atoms with Gasteiger partial charge in [-0.05, 0) is 12.1 Å². The van der Waals surface area contributed by atoms with Crippen molar-refractivity contribution >= 4 is 27.9 Å². The molecule has 0 saturated heterocycles. The highest BCUT2D eigenvalue weighted by atomic mass is 35.5. The van der Waals surface area contributed by atoms with Gasteiger partial charge in [0.05, 0.1) is 7.05 Å². The second-order valence-electron chi connectivity index (χ2n) is 3.32. The number of nitrogens with two attached hydrogens (primary N) is 1. The number of hydrogen-bond donors (Lipinski definition) is 1. The van der Waals surface area contributed by atoms with Gasteiger partial charge in [0.15, 0.2) is 0 Å². The van der Waals surface area contributed by atoms with Gasteiger partial charge in [0.1, 0.15) is 17.4 Å². The fourth-order valence-electron chi connectivity index (χ4n) is 1.75. The summed E-state index contributed by atoms with van der Waals surface area (Å²) >= 11 is 0. The molecule has 0 unspecified atom stereocenters. The van der Waals surface area contributed by atoms with Gasteiger partial charge in [0, 0.05) is 5.39 Å². The van der Waals surface area contributed by atoms with E-state index in [4.69, 9.17) is 4.42 Å². The van der Waals surface area contributed by atoms with Crippen molar-refractivity contribution in [3.05, 3.63) is 30.6 Å². The number of rotatable bonds is 1. The lowest BCUT2D eigenvalue weighted by molar-refractivity contribution is -0.542. The Balaban J connectivity index is 0.000000963. The first-order chi connectivity index (χ1) is 7.40. The number of hydrogen-bond acceptors (Lipinski definition) is 3. The molecule has 2 N–H and O–H groups in total. The van der Waals surface area contributed by atoms with E-state index in [0.29, 0.717) is 0 Å². The quantitative estimate of drug-likeness (QED) is 0.542. The van der Waals surface area contributed by atoms with Gasteiger partial charge in [-0.2, -0.15) is 4.98 Å². The lowest BCUT2D eigenvalue weighted by atomic mass is 10.2. The Morgan fingerprint density at radius 2 is 2.00 bits per heavy atom. The first kappa shape index (κ1) is 10.9. The lowest BCUT2D eigenvalue weighted by Crippen LogP contribution is -3.00. The van der Waals surface area contributed by atoms with Crippen LogP contribution in [0.1, 0.15) is 0 Å². The average Bonchev–Trinajstić information content (AvgIpc) is 2.67. The average molecular weight is 236 g/mol. The molecule has 0 aliphatic rings. The monoisotopic (exact) mass is 235 g/mol. The fourth-order valence-corrected chi connectivity index (χ4v) is 1.75. The maximum absolute atomic E-state index is 5.72. The fraction of sp³-hybridized carbons (Fsp3) is 0.0909. The molecule has 3 rings (SSSR count). The lowest BCUT2D eigenvalue weighted by Gasteiger charge is -1.91. The number of halogens is 1. The standard InChI is InChI=1S/C11H9N3O.ClH/c1-12-11-10-9(13-6-14-11)7-4-2-3-5-8(7)15-10;/h2-6H,1H3,(H,12,13,14);1H. The zero-order chi connectivity index (χ0) is 10.3. The third-order valence-corrected chi connectivity index (χ3v) is 2.46. The van der Waals surface area contributed by atoms with E-state index >= 15 is 0 Å². The molecule has 0 amide bonds. The van der Waals surface area contributed by atoms with Crippen molar-refractivity contribution < 1.29 is 22.1 Å². The molecule has 5 heteroatoms. The zero-order valence-corrected chi connectivity index (χ0v) is 9.40. The maximum Gasteiger partial charge on any atom is 0.271 e. The number of quaternary nitrogens is 1. The van der Waals surface area contributed by atoms with Gasteiger partial charge in [0.25, 0.3) is 5.82 Å². The summed E-state index contributed by atoms with van der Waals surface area (Å²) in [5.41, 5.74) is 2.51. The summed E-state index contributed by atoms with van der Waals surface area (Å²) in [5.74, 6) is 0.844. The van der Waals surface area contributed by atoms with Crippen LogP contribution in [0.2, 0.25) is 0 Å². The number of nitrogens with zero attached hydrogens (tertiary/aromatic N) is 2. The number of fused-ring (bicyclic) bond motifs is 3. The molecule has 2 heterocycles. The summed E-state index contributed by atoms with van der Waals surface area (Å²) in [7, 11) is 1.94. The number of furan rings is 1. The van der Waals surface area contributed by atoms with Gasteiger partial charge < -0.3 is 16.8 Å². The van der Waals surface area contributed by atoms with E-state index in [0.717, 1.165) is 27.9 Å². The molecular formula is C11H10ClN3O. The van der Waals surface area contributed by atoms with Gasteiger partial charge >= 0.3 is 0 Å². The molecule has 3 aromatic rings. The van der Waals surface area contributed by atoms with E-state index in [1.807, 2.05) is 36.6 Å². The van der Waals surface area contributed by atoms with Crippen LogP contribution in [-0.2, 0) is 0 Å². The molecule has 0 spiro atoms. The van der Waals surface area contributed by atoms with Crippen molar-refractivity contribution in [3.8, 4) is 0 Å². The Bertz CT molecular complexity index is 635. The van der Waals surface area contributed by atoms with Crippen LogP contribution in [0.5, 0.6) is 0 Å². The molecular weight excluding hydrogens is 226 g/mol.